The molecule has 0 unspecified atom stereocenters. The summed E-state index contributed by atoms with van der Waals surface area (Å²) >= 11 is 0. The van der Waals surface area contributed by atoms with E-state index in [0.717, 1.165) is 25.7 Å². The predicted molar refractivity (Wildman–Crippen MR) is 139 cm³/mol. The number of aliphatic hydroxyl groups is 4. The molecule has 0 aliphatic rings. The largest absolute Gasteiger partial charge is 0.466 e. The van der Waals surface area contributed by atoms with E-state index in [0.29, 0.717) is 38.9 Å². The van der Waals surface area contributed by atoms with Gasteiger partial charge in [-0.3, -0.25) is 14.4 Å². The Labute approximate surface area is 226 Å². The van der Waals surface area contributed by atoms with Gasteiger partial charge in [-0.05, 0) is 58.3 Å². The molecule has 0 aliphatic heterocycles. The highest BCUT2D eigenvalue weighted by molar-refractivity contribution is 5.81. The highest BCUT2D eigenvalue weighted by Gasteiger charge is 2.09. The zero-order valence-corrected chi connectivity index (χ0v) is 23.2. The maximum Gasteiger partial charge on any atom is 0.306 e. The number of ether oxygens (including phenoxy) is 4. The fourth-order valence-corrected chi connectivity index (χ4v) is 2.26. The number of hydrogen-bond donors (Lipinski definition) is 4. The second-order valence-corrected chi connectivity index (χ2v) is 8.08. The van der Waals surface area contributed by atoms with E-state index in [4.69, 9.17) is 39.4 Å². The molecule has 0 aromatic rings. The van der Waals surface area contributed by atoms with Gasteiger partial charge in [-0.2, -0.15) is 0 Å². The lowest BCUT2D eigenvalue weighted by molar-refractivity contribution is -0.150. The van der Waals surface area contributed by atoms with Crippen LogP contribution >= 0.6 is 0 Å². The van der Waals surface area contributed by atoms with Crippen LogP contribution in [0.25, 0.3) is 0 Å². The van der Waals surface area contributed by atoms with E-state index >= 15 is 0 Å². The molecule has 0 bridgehead atoms. The van der Waals surface area contributed by atoms with Gasteiger partial charge in [0.05, 0.1) is 39.1 Å². The summed E-state index contributed by atoms with van der Waals surface area (Å²) in [4.78, 5) is 43.8. The molecule has 12 heteroatoms. The van der Waals surface area contributed by atoms with Gasteiger partial charge < -0.3 is 44.2 Å². The van der Waals surface area contributed by atoms with Crippen LogP contribution < -0.4 is 0 Å². The van der Waals surface area contributed by atoms with Crippen LogP contribution in [-0.2, 0) is 38.1 Å². The Hall–Kier alpha value is -2.12. The van der Waals surface area contributed by atoms with E-state index in [2.05, 4.69) is 0 Å². The van der Waals surface area contributed by atoms with Gasteiger partial charge in [0.25, 0.3) is 0 Å². The van der Waals surface area contributed by atoms with Crippen molar-refractivity contribution in [3.8, 4) is 0 Å². The molecule has 0 rings (SSSR count). The number of aliphatic hydroxyl groups excluding tert-OH is 4. The quantitative estimate of drug-likeness (QED) is 0.0859. The summed E-state index contributed by atoms with van der Waals surface area (Å²) in [5, 5.41) is 33.2. The average molecular weight is 555 g/mol. The number of Topliss-reactive ketones (excluding diaryl/α,β-unsaturated/α-hetero) is 1. The summed E-state index contributed by atoms with van der Waals surface area (Å²) < 4.78 is 19.4. The Bertz CT molecular complexity index is 526. The Morgan fingerprint density at radius 2 is 0.763 bits per heavy atom. The molecule has 0 atom stereocenters. The van der Waals surface area contributed by atoms with Gasteiger partial charge in [-0.1, -0.05) is 0 Å². The maximum absolute atomic E-state index is 11.2. The van der Waals surface area contributed by atoms with Crippen molar-refractivity contribution in [3.05, 3.63) is 0 Å². The summed E-state index contributed by atoms with van der Waals surface area (Å²) in [7, 11) is 1.64. The van der Waals surface area contributed by atoms with Crippen molar-refractivity contribution in [1.82, 2.24) is 0 Å². The highest BCUT2D eigenvalue weighted by atomic mass is 16.5. The van der Waals surface area contributed by atoms with E-state index < -0.39 is 11.9 Å². The molecule has 0 heterocycles. The number of hydrogen-bond acceptors (Lipinski definition) is 12. The summed E-state index contributed by atoms with van der Waals surface area (Å²) in [5.74, 6) is -1.14. The van der Waals surface area contributed by atoms with Crippen molar-refractivity contribution in [1.29, 1.82) is 0 Å². The zero-order valence-electron chi connectivity index (χ0n) is 23.2. The smallest absolute Gasteiger partial charge is 0.306 e. The summed E-state index contributed by atoms with van der Waals surface area (Å²) in [5.41, 5.74) is 0. The predicted octanol–water partition coefficient (Wildman–Crippen LogP) is 1.47. The highest BCUT2D eigenvalue weighted by Crippen LogP contribution is 1.99. The van der Waals surface area contributed by atoms with Crippen LogP contribution in [0.15, 0.2) is 0 Å². The molecule has 0 aliphatic carbocycles. The minimum atomic E-state index is -0.430. The van der Waals surface area contributed by atoms with E-state index in [-0.39, 0.29) is 77.1 Å². The Kier molecular flexibility index (Phi) is 37.1. The normalized spacial score (nSPS) is 9.84. The molecule has 0 saturated carbocycles. The Balaban J connectivity index is -0.000000542. The molecule has 12 nitrogen and oxygen atoms in total. The molecule has 0 aromatic carbocycles. The van der Waals surface area contributed by atoms with Crippen molar-refractivity contribution in [2.24, 2.45) is 0 Å². The molecule has 0 fully saturated rings. The fraction of sp³-hybridized carbons (Fsp3) is 0.846. The molecular formula is C26H50O12. The van der Waals surface area contributed by atoms with E-state index in [9.17, 15) is 19.2 Å². The van der Waals surface area contributed by atoms with E-state index in [1.54, 1.807) is 7.11 Å². The lowest BCUT2D eigenvalue weighted by atomic mass is 10.2. The molecule has 226 valence electrons. The summed E-state index contributed by atoms with van der Waals surface area (Å²) in [6, 6.07) is 0. The van der Waals surface area contributed by atoms with Crippen LogP contribution in [0.5, 0.6) is 0 Å². The number of carbonyl (C=O) groups excluding carboxylic acids is 4. The van der Waals surface area contributed by atoms with Crippen LogP contribution in [0, 0.1) is 0 Å². The lowest BCUT2D eigenvalue weighted by Crippen LogP contribution is -2.11. The Morgan fingerprint density at radius 1 is 0.474 bits per heavy atom. The van der Waals surface area contributed by atoms with Crippen molar-refractivity contribution >= 4 is 23.7 Å². The number of rotatable bonds is 22. The molecule has 38 heavy (non-hydrogen) atoms. The molecule has 0 radical (unpaired) electrons. The number of unbranched alkanes of at least 4 members (excludes halogenated alkanes) is 4. The first kappa shape index (κ1) is 40.4. The fourth-order valence-electron chi connectivity index (χ4n) is 2.26. The van der Waals surface area contributed by atoms with Crippen LogP contribution in [0.4, 0.5) is 0 Å². The topological polar surface area (TPSA) is 186 Å². The third-order valence-corrected chi connectivity index (χ3v) is 4.42. The van der Waals surface area contributed by atoms with Crippen molar-refractivity contribution in [2.45, 2.75) is 84.0 Å². The van der Waals surface area contributed by atoms with Gasteiger partial charge in [0, 0.05) is 46.6 Å². The first-order valence-corrected chi connectivity index (χ1v) is 13.2. The number of methoxy groups -OCH3 is 1. The third kappa shape index (κ3) is 41.0. The first-order chi connectivity index (χ1) is 18.3. The molecule has 0 aromatic heterocycles. The van der Waals surface area contributed by atoms with Crippen LogP contribution in [0.1, 0.15) is 84.0 Å². The van der Waals surface area contributed by atoms with Gasteiger partial charge in [-0.25, -0.2) is 0 Å². The number of ketones is 1. The van der Waals surface area contributed by atoms with Gasteiger partial charge in [0.1, 0.15) is 5.78 Å². The van der Waals surface area contributed by atoms with E-state index in [1.165, 1.54) is 6.92 Å². The summed E-state index contributed by atoms with van der Waals surface area (Å²) in [6.45, 7) is 3.66. The molecular weight excluding hydrogens is 504 g/mol. The first-order valence-electron chi connectivity index (χ1n) is 13.2. The van der Waals surface area contributed by atoms with Crippen LogP contribution in [-0.4, -0.2) is 104 Å². The summed E-state index contributed by atoms with van der Waals surface area (Å²) in [6.07, 6.45) is 6.05. The van der Waals surface area contributed by atoms with Gasteiger partial charge >= 0.3 is 17.9 Å². The minimum Gasteiger partial charge on any atom is -0.466 e. The van der Waals surface area contributed by atoms with Crippen LogP contribution in [0.3, 0.4) is 0 Å². The minimum absolute atomic E-state index is 0.0119. The van der Waals surface area contributed by atoms with E-state index in [1.807, 2.05) is 0 Å². The third-order valence-electron chi connectivity index (χ3n) is 4.42. The Morgan fingerprint density at radius 3 is 1.08 bits per heavy atom. The zero-order chi connectivity index (χ0) is 29.3. The molecule has 0 saturated heterocycles. The van der Waals surface area contributed by atoms with Crippen molar-refractivity contribution in [2.75, 3.05) is 60.0 Å². The van der Waals surface area contributed by atoms with Gasteiger partial charge in [0.15, 0.2) is 0 Å². The second kappa shape index (κ2) is 34.9. The van der Waals surface area contributed by atoms with Crippen molar-refractivity contribution in [3.63, 3.8) is 0 Å². The molecule has 0 amide bonds. The van der Waals surface area contributed by atoms with Crippen LogP contribution in [0.2, 0.25) is 0 Å². The monoisotopic (exact) mass is 554 g/mol. The molecule has 4 N–H and O–H groups in total. The second-order valence-electron chi connectivity index (χ2n) is 8.08. The average Bonchev–Trinajstić information content (AvgIpc) is 2.90. The lowest BCUT2D eigenvalue weighted by Gasteiger charge is -2.05. The van der Waals surface area contributed by atoms with Crippen molar-refractivity contribution < 1.29 is 58.6 Å². The molecule has 0 spiro atoms. The van der Waals surface area contributed by atoms with Gasteiger partial charge in [-0.15, -0.1) is 0 Å². The standard InChI is InChI=1S/C12H22O6.C10H18O4.C4H10O2/c13-7-1-3-9-17-11(15)5-6-12(16)18-10-4-2-8-14;1-9(11)5-6-10(12)14-8-4-3-7-13-2;5-3-1-2-4-6/h13-14H,1-10H2;3-8H2,1-2H3;5-6H,1-4H2. The SMILES string of the molecule is COCCCCOC(=O)CCC(C)=O.O=C(CCC(=O)OCCCCO)OCCCCO.OCCCCO. The number of carbonyl (C=O) groups is 4. The van der Waals surface area contributed by atoms with Gasteiger partial charge in [0.2, 0.25) is 0 Å². The number of esters is 3. The maximum atomic E-state index is 11.2.